The molecule has 0 unspecified atom stereocenters. The number of rotatable bonds is 10. The molecule has 0 aliphatic heterocycles. The van der Waals surface area contributed by atoms with E-state index < -0.39 is 17.4 Å². The molecule has 2 aromatic carbocycles. The number of carbonyl (C=O) groups is 2. The van der Waals surface area contributed by atoms with Gasteiger partial charge in [-0.2, -0.15) is 0 Å². The Morgan fingerprint density at radius 3 is 2.23 bits per heavy atom. The van der Waals surface area contributed by atoms with Crippen LogP contribution in [0, 0.1) is 0 Å². The summed E-state index contributed by atoms with van der Waals surface area (Å²) in [5.74, 6) is 1.20. The van der Waals surface area contributed by atoms with Crippen LogP contribution in [0.5, 0.6) is 23.0 Å². The molecule has 0 aliphatic carbocycles. The Labute approximate surface area is 203 Å². The molecule has 2 N–H and O–H groups in total. The second kappa shape index (κ2) is 11.3. The summed E-state index contributed by atoms with van der Waals surface area (Å²) in [5, 5.41) is 5.32. The Balaban J connectivity index is 1.55. The summed E-state index contributed by atoms with van der Waals surface area (Å²) in [7, 11) is 4.62. The lowest BCUT2D eigenvalue weighted by Gasteiger charge is -2.26. The standard InChI is InChI=1S/C25H29N3O7/c1-25(2,8-9-34-19-12-17(31-3)11-18(13-19)32-4)28-24(30)23(29)27-16-6-7-20(21(10-16)33-5)22-14-26-15-35-22/h6-7,10-15H,8-9H2,1-5H3,(H,27,29)(H,28,30). The molecule has 1 aromatic heterocycles. The lowest BCUT2D eigenvalue weighted by Crippen LogP contribution is -2.48. The Kier molecular flexibility index (Phi) is 8.19. The van der Waals surface area contributed by atoms with E-state index in [-0.39, 0.29) is 0 Å². The molecule has 35 heavy (non-hydrogen) atoms. The first-order chi connectivity index (χ1) is 16.7. The molecule has 0 radical (unpaired) electrons. The molecule has 10 heteroatoms. The zero-order chi connectivity index (χ0) is 25.4. The zero-order valence-electron chi connectivity index (χ0n) is 20.3. The third-order valence-electron chi connectivity index (χ3n) is 5.14. The van der Waals surface area contributed by atoms with E-state index in [1.165, 1.54) is 13.5 Å². The minimum absolute atomic E-state index is 0.297. The first kappa shape index (κ1) is 25.4. The molecular formula is C25H29N3O7. The molecule has 0 aliphatic rings. The third kappa shape index (κ3) is 6.89. The van der Waals surface area contributed by atoms with E-state index in [0.717, 1.165) is 0 Å². The molecule has 0 atom stereocenters. The van der Waals surface area contributed by atoms with Gasteiger partial charge in [0.2, 0.25) is 0 Å². The van der Waals surface area contributed by atoms with Crippen molar-refractivity contribution in [3.63, 3.8) is 0 Å². The zero-order valence-corrected chi connectivity index (χ0v) is 20.3. The molecule has 1 heterocycles. The number of anilines is 1. The minimum Gasteiger partial charge on any atom is -0.496 e. The number of oxazole rings is 1. The maximum absolute atomic E-state index is 12.5. The van der Waals surface area contributed by atoms with Crippen molar-refractivity contribution in [3.8, 4) is 34.3 Å². The Bertz CT molecular complexity index is 1140. The number of carbonyl (C=O) groups excluding carboxylic acids is 2. The number of amides is 2. The Hall–Kier alpha value is -4.21. The fourth-order valence-electron chi connectivity index (χ4n) is 3.22. The molecule has 3 aromatic rings. The smallest absolute Gasteiger partial charge is 0.313 e. The van der Waals surface area contributed by atoms with Gasteiger partial charge >= 0.3 is 11.8 Å². The summed E-state index contributed by atoms with van der Waals surface area (Å²) in [6, 6.07) is 10.2. The van der Waals surface area contributed by atoms with Crippen LogP contribution in [0.4, 0.5) is 5.69 Å². The largest absolute Gasteiger partial charge is 0.496 e. The number of ether oxygens (including phenoxy) is 4. The highest BCUT2D eigenvalue weighted by Crippen LogP contribution is 2.32. The van der Waals surface area contributed by atoms with Gasteiger partial charge in [-0.15, -0.1) is 0 Å². The van der Waals surface area contributed by atoms with Crippen molar-refractivity contribution in [2.24, 2.45) is 0 Å². The van der Waals surface area contributed by atoms with Gasteiger partial charge in [0.15, 0.2) is 12.2 Å². The van der Waals surface area contributed by atoms with Gasteiger partial charge in [0.1, 0.15) is 23.0 Å². The Morgan fingerprint density at radius 1 is 0.943 bits per heavy atom. The summed E-state index contributed by atoms with van der Waals surface area (Å²) >= 11 is 0. The van der Waals surface area contributed by atoms with E-state index in [1.807, 2.05) is 13.8 Å². The average Bonchev–Trinajstić information content (AvgIpc) is 3.38. The number of nitrogens with one attached hydrogen (secondary N) is 2. The van der Waals surface area contributed by atoms with Crippen LogP contribution in [0.25, 0.3) is 11.3 Å². The predicted octanol–water partition coefficient (Wildman–Crippen LogP) is 3.67. The van der Waals surface area contributed by atoms with Crippen molar-refractivity contribution < 1.29 is 33.0 Å². The summed E-state index contributed by atoms with van der Waals surface area (Å²) in [5.41, 5.74) is 0.367. The van der Waals surface area contributed by atoms with Crippen LogP contribution in [0.3, 0.4) is 0 Å². The van der Waals surface area contributed by atoms with Crippen LogP contribution >= 0.6 is 0 Å². The average molecular weight is 484 g/mol. The fourth-order valence-corrected chi connectivity index (χ4v) is 3.22. The van der Waals surface area contributed by atoms with Gasteiger partial charge in [-0.05, 0) is 26.0 Å². The number of hydrogen-bond donors (Lipinski definition) is 2. The molecule has 0 bridgehead atoms. The first-order valence-corrected chi connectivity index (χ1v) is 10.8. The molecule has 0 saturated carbocycles. The highest BCUT2D eigenvalue weighted by molar-refractivity contribution is 6.39. The van der Waals surface area contributed by atoms with Crippen molar-refractivity contribution in [1.29, 1.82) is 0 Å². The van der Waals surface area contributed by atoms with E-state index in [9.17, 15) is 9.59 Å². The summed E-state index contributed by atoms with van der Waals surface area (Å²) in [6.45, 7) is 3.91. The van der Waals surface area contributed by atoms with E-state index >= 15 is 0 Å². The molecule has 0 saturated heterocycles. The highest BCUT2D eigenvalue weighted by Gasteiger charge is 2.25. The maximum Gasteiger partial charge on any atom is 0.313 e. The molecular weight excluding hydrogens is 454 g/mol. The number of nitrogens with zero attached hydrogens (tertiary/aromatic N) is 1. The molecule has 0 spiro atoms. The van der Waals surface area contributed by atoms with Gasteiger partial charge in [0.25, 0.3) is 0 Å². The second-order valence-corrected chi connectivity index (χ2v) is 8.22. The Morgan fingerprint density at radius 2 is 1.63 bits per heavy atom. The number of hydrogen-bond acceptors (Lipinski definition) is 8. The van der Waals surface area contributed by atoms with Gasteiger partial charge < -0.3 is 34.0 Å². The number of benzene rings is 2. The van der Waals surface area contributed by atoms with Crippen LogP contribution in [0.15, 0.2) is 53.4 Å². The van der Waals surface area contributed by atoms with E-state index in [4.69, 9.17) is 23.4 Å². The SMILES string of the molecule is COc1cc(OC)cc(OCCC(C)(C)NC(=O)C(=O)Nc2ccc(-c3cnco3)c(OC)c2)c1. The molecule has 3 rings (SSSR count). The lowest BCUT2D eigenvalue weighted by molar-refractivity contribution is -0.137. The predicted molar refractivity (Wildman–Crippen MR) is 129 cm³/mol. The second-order valence-electron chi connectivity index (χ2n) is 8.22. The van der Waals surface area contributed by atoms with Gasteiger partial charge in [0.05, 0.1) is 39.7 Å². The molecule has 186 valence electrons. The molecule has 2 amide bonds. The molecule has 10 nitrogen and oxygen atoms in total. The molecule has 0 fully saturated rings. The van der Waals surface area contributed by atoms with Crippen molar-refractivity contribution in [2.45, 2.75) is 25.8 Å². The number of aromatic nitrogens is 1. The monoisotopic (exact) mass is 483 g/mol. The van der Waals surface area contributed by atoms with E-state index in [0.29, 0.717) is 53.0 Å². The minimum atomic E-state index is -0.800. The van der Waals surface area contributed by atoms with Crippen LogP contribution < -0.4 is 29.6 Å². The van der Waals surface area contributed by atoms with Crippen LogP contribution in [0.1, 0.15) is 20.3 Å². The number of methoxy groups -OCH3 is 3. The normalized spacial score (nSPS) is 10.9. The van der Waals surface area contributed by atoms with E-state index in [1.54, 1.807) is 56.8 Å². The quantitative estimate of drug-likeness (QED) is 0.419. The first-order valence-electron chi connectivity index (χ1n) is 10.8. The van der Waals surface area contributed by atoms with E-state index in [2.05, 4.69) is 15.6 Å². The van der Waals surface area contributed by atoms with Gasteiger partial charge in [0, 0.05) is 41.9 Å². The van der Waals surface area contributed by atoms with Crippen LogP contribution in [-0.4, -0.2) is 50.3 Å². The summed E-state index contributed by atoms with van der Waals surface area (Å²) < 4.78 is 26.9. The fraction of sp³-hybridized carbons (Fsp3) is 0.320. The third-order valence-corrected chi connectivity index (χ3v) is 5.14. The highest BCUT2D eigenvalue weighted by atomic mass is 16.5. The van der Waals surface area contributed by atoms with Gasteiger partial charge in [-0.3, -0.25) is 9.59 Å². The topological polar surface area (TPSA) is 121 Å². The summed E-state index contributed by atoms with van der Waals surface area (Å²) in [4.78, 5) is 28.9. The maximum atomic E-state index is 12.5. The van der Waals surface area contributed by atoms with Crippen LogP contribution in [-0.2, 0) is 9.59 Å². The van der Waals surface area contributed by atoms with Crippen molar-refractivity contribution in [3.05, 3.63) is 49.0 Å². The van der Waals surface area contributed by atoms with Crippen molar-refractivity contribution >= 4 is 17.5 Å². The van der Waals surface area contributed by atoms with Crippen LogP contribution in [0.2, 0.25) is 0 Å². The van der Waals surface area contributed by atoms with Gasteiger partial charge in [-0.25, -0.2) is 4.98 Å². The van der Waals surface area contributed by atoms with Crippen molar-refractivity contribution in [2.75, 3.05) is 33.3 Å². The summed E-state index contributed by atoms with van der Waals surface area (Å²) in [6.07, 6.45) is 3.32. The van der Waals surface area contributed by atoms with Gasteiger partial charge in [-0.1, -0.05) is 0 Å². The lowest BCUT2D eigenvalue weighted by atomic mass is 10.0. The van der Waals surface area contributed by atoms with Crippen molar-refractivity contribution in [1.82, 2.24) is 10.3 Å².